The van der Waals surface area contributed by atoms with Gasteiger partial charge in [-0.15, -0.1) is 0 Å². The fourth-order valence-electron chi connectivity index (χ4n) is 3.31. The van der Waals surface area contributed by atoms with E-state index in [0.29, 0.717) is 5.88 Å². The molecule has 24 heavy (non-hydrogen) atoms. The first-order valence-corrected chi connectivity index (χ1v) is 8.62. The summed E-state index contributed by atoms with van der Waals surface area (Å²) in [6, 6.07) is 7.84. The molecule has 1 aliphatic heterocycles. The fourth-order valence-corrected chi connectivity index (χ4v) is 3.31. The number of likely N-dealkylation sites (tertiary alicyclic amines) is 1. The average molecular weight is 327 g/mol. The smallest absolute Gasteiger partial charge is 0.252 e. The van der Waals surface area contributed by atoms with Crippen LogP contribution in [0.15, 0.2) is 41.5 Å². The van der Waals surface area contributed by atoms with Gasteiger partial charge in [0, 0.05) is 30.6 Å². The van der Waals surface area contributed by atoms with Gasteiger partial charge in [-0.3, -0.25) is 9.69 Å². The van der Waals surface area contributed by atoms with Gasteiger partial charge in [-0.05, 0) is 56.3 Å². The zero-order valence-corrected chi connectivity index (χ0v) is 14.2. The predicted octanol–water partition coefficient (Wildman–Crippen LogP) is 2.62. The monoisotopic (exact) mass is 327 g/mol. The summed E-state index contributed by atoms with van der Waals surface area (Å²) < 4.78 is 5.09. The second kappa shape index (κ2) is 8.11. The molecule has 0 aromatic carbocycles. The molecule has 3 rings (SSSR count). The summed E-state index contributed by atoms with van der Waals surface area (Å²) in [7, 11) is 1.64. The number of methoxy groups -OCH3 is 1. The van der Waals surface area contributed by atoms with Gasteiger partial charge in [0.2, 0.25) is 5.88 Å². The van der Waals surface area contributed by atoms with E-state index in [-0.39, 0.29) is 5.56 Å². The van der Waals surface area contributed by atoms with Crippen molar-refractivity contribution < 1.29 is 4.74 Å². The molecular formula is C19H25N3O2. The van der Waals surface area contributed by atoms with Crippen molar-refractivity contribution in [3.05, 3.63) is 58.1 Å². The molecule has 5 heteroatoms. The van der Waals surface area contributed by atoms with Crippen LogP contribution in [0.4, 0.5) is 0 Å². The highest BCUT2D eigenvalue weighted by Crippen LogP contribution is 2.23. The Bertz CT molecular complexity index is 688. The Hall–Kier alpha value is -2.14. The van der Waals surface area contributed by atoms with E-state index >= 15 is 0 Å². The Morgan fingerprint density at radius 2 is 2.12 bits per heavy atom. The molecule has 128 valence electrons. The Labute approximate surface area is 142 Å². The van der Waals surface area contributed by atoms with Crippen molar-refractivity contribution in [1.29, 1.82) is 0 Å². The Morgan fingerprint density at radius 3 is 2.79 bits per heavy atom. The first kappa shape index (κ1) is 16.7. The highest BCUT2D eigenvalue weighted by molar-refractivity contribution is 5.17. The lowest BCUT2D eigenvalue weighted by Crippen LogP contribution is -2.34. The largest absolute Gasteiger partial charge is 0.481 e. The lowest BCUT2D eigenvalue weighted by atomic mass is 9.90. The molecule has 1 fully saturated rings. The molecule has 0 unspecified atom stereocenters. The molecule has 3 heterocycles. The van der Waals surface area contributed by atoms with Gasteiger partial charge in [-0.1, -0.05) is 12.1 Å². The van der Waals surface area contributed by atoms with Gasteiger partial charge in [0.15, 0.2) is 0 Å². The minimum atomic E-state index is 0.0339. The van der Waals surface area contributed by atoms with Gasteiger partial charge < -0.3 is 9.72 Å². The van der Waals surface area contributed by atoms with Crippen LogP contribution in [0.25, 0.3) is 0 Å². The van der Waals surface area contributed by atoms with Crippen LogP contribution in [0.2, 0.25) is 0 Å². The number of aromatic amines is 1. The van der Waals surface area contributed by atoms with Crippen LogP contribution in [0.5, 0.6) is 5.88 Å². The molecule has 1 saturated heterocycles. The topological polar surface area (TPSA) is 58.2 Å². The van der Waals surface area contributed by atoms with E-state index in [2.05, 4.69) is 20.9 Å². The Morgan fingerprint density at radius 1 is 1.29 bits per heavy atom. The van der Waals surface area contributed by atoms with Crippen molar-refractivity contribution in [2.24, 2.45) is 5.92 Å². The maximum Gasteiger partial charge on any atom is 0.252 e. The highest BCUT2D eigenvalue weighted by Gasteiger charge is 2.19. The summed E-state index contributed by atoms with van der Waals surface area (Å²) in [5.41, 5.74) is 2.17. The first-order valence-electron chi connectivity index (χ1n) is 8.62. The number of H-pyrrole nitrogens is 1. The lowest BCUT2D eigenvalue weighted by molar-refractivity contribution is 0.172. The molecule has 0 atom stereocenters. The van der Waals surface area contributed by atoms with E-state index in [1.807, 2.05) is 24.4 Å². The number of aromatic nitrogens is 2. The third-order valence-electron chi connectivity index (χ3n) is 4.85. The summed E-state index contributed by atoms with van der Waals surface area (Å²) in [6.07, 6.45) is 8.28. The number of piperidine rings is 1. The third kappa shape index (κ3) is 4.45. The Kier molecular flexibility index (Phi) is 5.64. The standard InChI is InChI=1S/C19H25N3O2/c1-24-18-7-6-16(13-21-18)5-4-15-8-11-22(12-9-15)14-17-3-2-10-20-19(17)23/h2-3,6-7,10,13,15H,4-5,8-9,11-12,14H2,1H3,(H,20,23). The van der Waals surface area contributed by atoms with Crippen molar-refractivity contribution in [2.45, 2.75) is 32.2 Å². The number of nitrogens with one attached hydrogen (secondary N) is 1. The number of nitrogens with zero attached hydrogens (tertiary/aromatic N) is 2. The fraction of sp³-hybridized carbons (Fsp3) is 0.474. The number of pyridine rings is 2. The zero-order valence-electron chi connectivity index (χ0n) is 14.2. The number of aryl methyl sites for hydroxylation is 1. The number of hydrogen-bond acceptors (Lipinski definition) is 4. The molecule has 2 aromatic rings. The third-order valence-corrected chi connectivity index (χ3v) is 4.85. The van der Waals surface area contributed by atoms with Gasteiger partial charge in [0.25, 0.3) is 5.56 Å². The highest BCUT2D eigenvalue weighted by atomic mass is 16.5. The SMILES string of the molecule is COc1ccc(CCC2CCN(Cc3ccc[nH]c3=O)CC2)cn1. The van der Waals surface area contributed by atoms with Crippen LogP contribution in [0.3, 0.4) is 0 Å². The zero-order chi connectivity index (χ0) is 16.8. The van der Waals surface area contributed by atoms with Gasteiger partial charge in [0.1, 0.15) is 0 Å². The van der Waals surface area contributed by atoms with Crippen LogP contribution in [0.1, 0.15) is 30.4 Å². The van der Waals surface area contributed by atoms with E-state index < -0.39 is 0 Å². The van der Waals surface area contributed by atoms with E-state index in [0.717, 1.165) is 37.5 Å². The molecule has 1 aliphatic rings. The van der Waals surface area contributed by atoms with Crippen LogP contribution < -0.4 is 10.3 Å². The molecule has 0 spiro atoms. The quantitative estimate of drug-likeness (QED) is 0.886. The van der Waals surface area contributed by atoms with Gasteiger partial charge in [-0.25, -0.2) is 4.98 Å². The van der Waals surface area contributed by atoms with Crippen LogP contribution >= 0.6 is 0 Å². The Balaban J connectivity index is 1.43. The minimum absolute atomic E-state index is 0.0339. The minimum Gasteiger partial charge on any atom is -0.481 e. The maximum absolute atomic E-state index is 11.8. The molecule has 0 saturated carbocycles. The molecular weight excluding hydrogens is 302 g/mol. The summed E-state index contributed by atoms with van der Waals surface area (Å²) in [4.78, 5) is 21.2. The van der Waals surface area contributed by atoms with E-state index in [1.54, 1.807) is 13.3 Å². The van der Waals surface area contributed by atoms with Gasteiger partial charge >= 0.3 is 0 Å². The number of rotatable bonds is 6. The van der Waals surface area contributed by atoms with E-state index in [4.69, 9.17) is 4.74 Å². The first-order chi connectivity index (χ1) is 11.7. The van der Waals surface area contributed by atoms with Crippen molar-refractivity contribution >= 4 is 0 Å². The maximum atomic E-state index is 11.8. The van der Waals surface area contributed by atoms with E-state index in [9.17, 15) is 4.79 Å². The molecule has 0 radical (unpaired) electrons. The van der Waals surface area contributed by atoms with Gasteiger partial charge in [-0.2, -0.15) is 0 Å². The molecule has 0 aliphatic carbocycles. The van der Waals surface area contributed by atoms with Gasteiger partial charge in [0.05, 0.1) is 7.11 Å². The van der Waals surface area contributed by atoms with Crippen LogP contribution in [-0.2, 0) is 13.0 Å². The number of hydrogen-bond donors (Lipinski definition) is 1. The van der Waals surface area contributed by atoms with Crippen molar-refractivity contribution in [2.75, 3.05) is 20.2 Å². The summed E-state index contributed by atoms with van der Waals surface area (Å²) in [5.74, 6) is 1.43. The van der Waals surface area contributed by atoms with E-state index in [1.165, 1.54) is 24.8 Å². The number of ether oxygens (including phenoxy) is 1. The molecule has 1 N–H and O–H groups in total. The molecule has 2 aromatic heterocycles. The van der Waals surface area contributed by atoms with Crippen molar-refractivity contribution in [3.63, 3.8) is 0 Å². The lowest BCUT2D eigenvalue weighted by Gasteiger charge is -2.31. The second-order valence-electron chi connectivity index (χ2n) is 6.49. The summed E-state index contributed by atoms with van der Waals surface area (Å²) >= 11 is 0. The predicted molar refractivity (Wildman–Crippen MR) is 94.2 cm³/mol. The molecule has 0 bridgehead atoms. The van der Waals surface area contributed by atoms with Crippen molar-refractivity contribution in [1.82, 2.24) is 14.9 Å². The van der Waals surface area contributed by atoms with Crippen molar-refractivity contribution in [3.8, 4) is 5.88 Å². The summed E-state index contributed by atoms with van der Waals surface area (Å²) in [5, 5.41) is 0. The molecule has 0 amide bonds. The second-order valence-corrected chi connectivity index (χ2v) is 6.49. The normalized spacial score (nSPS) is 16.2. The molecule has 5 nitrogen and oxygen atoms in total. The average Bonchev–Trinajstić information content (AvgIpc) is 2.63. The van der Waals surface area contributed by atoms with Crippen LogP contribution in [0, 0.1) is 5.92 Å². The summed E-state index contributed by atoms with van der Waals surface area (Å²) in [6.45, 7) is 2.89. The van der Waals surface area contributed by atoms with Crippen LogP contribution in [-0.4, -0.2) is 35.1 Å².